The Morgan fingerprint density at radius 2 is 1.75 bits per heavy atom. The Morgan fingerprint density at radius 3 is 2.42 bits per heavy atom. The Kier molecular flexibility index (Phi) is 7.89. The summed E-state index contributed by atoms with van der Waals surface area (Å²) in [5.41, 5.74) is 4.82. The first kappa shape index (κ1) is 19.1. The number of anilines is 1. The lowest BCUT2D eigenvalue weighted by atomic mass is 10.1. The molecule has 2 nitrogen and oxygen atoms in total. The Bertz CT molecular complexity index is 651. The van der Waals surface area contributed by atoms with E-state index in [2.05, 4.69) is 54.8 Å². The molecule has 0 amide bonds. The minimum absolute atomic E-state index is 0.683. The van der Waals surface area contributed by atoms with E-state index in [9.17, 15) is 0 Å². The average molecular weight is 379 g/mol. The van der Waals surface area contributed by atoms with Gasteiger partial charge in [0.25, 0.3) is 0 Å². The molecule has 2 aromatic carbocycles. The molecule has 0 radical (unpaired) electrons. The number of nitrogens with one attached hydrogen (secondary N) is 2. The van der Waals surface area contributed by atoms with Crippen LogP contribution in [0.4, 0.5) is 5.69 Å². The van der Waals surface area contributed by atoms with Gasteiger partial charge in [-0.1, -0.05) is 29.8 Å². The lowest BCUT2D eigenvalue weighted by molar-refractivity contribution is 0.854. The molecule has 0 spiro atoms. The third-order valence-corrected chi connectivity index (χ3v) is 5.03. The summed E-state index contributed by atoms with van der Waals surface area (Å²) < 4.78 is 0. The third-order valence-electron chi connectivity index (χ3n) is 3.41. The van der Waals surface area contributed by atoms with Crippen LogP contribution in [-0.2, 0) is 5.75 Å². The molecule has 0 aromatic heterocycles. The fraction of sp³-hybridized carbons (Fsp3) is 0.316. The smallest absolute Gasteiger partial charge is 0.170 e. The van der Waals surface area contributed by atoms with Gasteiger partial charge in [0, 0.05) is 23.0 Å². The van der Waals surface area contributed by atoms with Crippen molar-refractivity contribution in [3.63, 3.8) is 0 Å². The molecule has 5 heteroatoms. The summed E-state index contributed by atoms with van der Waals surface area (Å²) in [6.07, 6.45) is 1.08. The van der Waals surface area contributed by atoms with Crippen LogP contribution in [0.2, 0.25) is 5.02 Å². The van der Waals surface area contributed by atoms with Crippen molar-refractivity contribution >= 4 is 46.4 Å². The molecule has 0 saturated carbocycles. The quantitative estimate of drug-likeness (QED) is 0.486. The van der Waals surface area contributed by atoms with Crippen molar-refractivity contribution in [1.29, 1.82) is 0 Å². The number of thiocarbonyl (C=S) groups is 1. The Morgan fingerprint density at radius 1 is 1.08 bits per heavy atom. The van der Waals surface area contributed by atoms with E-state index in [0.717, 1.165) is 35.2 Å². The molecule has 0 aliphatic rings. The number of aryl methyl sites for hydroxylation is 2. The van der Waals surface area contributed by atoms with E-state index in [4.69, 9.17) is 23.8 Å². The topological polar surface area (TPSA) is 24.1 Å². The van der Waals surface area contributed by atoms with Gasteiger partial charge >= 0.3 is 0 Å². The van der Waals surface area contributed by atoms with Crippen LogP contribution in [0.5, 0.6) is 0 Å². The predicted molar refractivity (Wildman–Crippen MR) is 112 cm³/mol. The maximum Gasteiger partial charge on any atom is 0.170 e. The molecule has 0 atom stereocenters. The van der Waals surface area contributed by atoms with Gasteiger partial charge in [0.1, 0.15) is 0 Å². The highest BCUT2D eigenvalue weighted by Gasteiger charge is 2.00. The highest BCUT2D eigenvalue weighted by Crippen LogP contribution is 2.16. The average Bonchev–Trinajstić information content (AvgIpc) is 2.51. The van der Waals surface area contributed by atoms with Crippen LogP contribution >= 0.6 is 35.6 Å². The minimum Gasteiger partial charge on any atom is -0.362 e. The molecular formula is C19H23ClN2S2. The molecule has 0 saturated heterocycles. The van der Waals surface area contributed by atoms with Gasteiger partial charge in [-0.05, 0) is 79.2 Å². The van der Waals surface area contributed by atoms with E-state index in [0.29, 0.717) is 5.11 Å². The monoisotopic (exact) mass is 378 g/mol. The van der Waals surface area contributed by atoms with E-state index in [-0.39, 0.29) is 0 Å². The molecule has 0 aliphatic carbocycles. The van der Waals surface area contributed by atoms with Crippen molar-refractivity contribution in [2.45, 2.75) is 26.0 Å². The van der Waals surface area contributed by atoms with Crippen molar-refractivity contribution in [2.24, 2.45) is 0 Å². The molecule has 0 unspecified atom stereocenters. The van der Waals surface area contributed by atoms with Crippen LogP contribution < -0.4 is 10.6 Å². The second-order valence-corrected chi connectivity index (χ2v) is 7.74. The predicted octanol–water partition coefficient (Wildman–Crippen LogP) is 5.57. The van der Waals surface area contributed by atoms with E-state index >= 15 is 0 Å². The lowest BCUT2D eigenvalue weighted by Crippen LogP contribution is -2.29. The molecule has 0 fully saturated rings. The van der Waals surface area contributed by atoms with Gasteiger partial charge in [0.05, 0.1) is 0 Å². The summed E-state index contributed by atoms with van der Waals surface area (Å²) in [5.74, 6) is 2.12. The summed E-state index contributed by atoms with van der Waals surface area (Å²) >= 11 is 13.2. The van der Waals surface area contributed by atoms with E-state index in [1.807, 2.05) is 23.9 Å². The van der Waals surface area contributed by atoms with Gasteiger partial charge in [-0.2, -0.15) is 11.8 Å². The maximum absolute atomic E-state index is 5.89. The molecular weight excluding hydrogens is 356 g/mol. The number of hydrogen-bond donors (Lipinski definition) is 2. The van der Waals surface area contributed by atoms with Crippen molar-refractivity contribution in [2.75, 3.05) is 17.6 Å². The van der Waals surface area contributed by atoms with E-state index < -0.39 is 0 Å². The fourth-order valence-electron chi connectivity index (χ4n) is 2.37. The molecule has 24 heavy (non-hydrogen) atoms. The summed E-state index contributed by atoms with van der Waals surface area (Å²) in [4.78, 5) is 0. The Hall–Kier alpha value is -1.23. The number of halogens is 1. The van der Waals surface area contributed by atoms with E-state index in [1.165, 1.54) is 16.7 Å². The van der Waals surface area contributed by atoms with Crippen molar-refractivity contribution in [1.82, 2.24) is 5.32 Å². The first-order chi connectivity index (χ1) is 11.5. The SMILES string of the molecule is Cc1cc(C)cc(NC(=S)NCCCSCc2ccc(Cl)cc2)c1. The molecule has 0 aliphatic heterocycles. The van der Waals surface area contributed by atoms with Gasteiger partial charge in [-0.3, -0.25) is 0 Å². The zero-order valence-electron chi connectivity index (χ0n) is 14.1. The second-order valence-electron chi connectivity index (χ2n) is 5.79. The van der Waals surface area contributed by atoms with Crippen molar-refractivity contribution < 1.29 is 0 Å². The molecule has 128 valence electrons. The zero-order valence-corrected chi connectivity index (χ0v) is 16.5. The molecule has 2 rings (SSSR count). The van der Waals surface area contributed by atoms with Crippen molar-refractivity contribution in [3.8, 4) is 0 Å². The Labute approximate surface area is 159 Å². The summed E-state index contributed by atoms with van der Waals surface area (Å²) in [7, 11) is 0. The number of thioether (sulfide) groups is 1. The van der Waals surface area contributed by atoms with Crippen LogP contribution in [0.25, 0.3) is 0 Å². The summed E-state index contributed by atoms with van der Waals surface area (Å²) in [5, 5.41) is 7.99. The van der Waals surface area contributed by atoms with Crippen LogP contribution in [0, 0.1) is 13.8 Å². The zero-order chi connectivity index (χ0) is 17.4. The minimum atomic E-state index is 0.683. The number of hydrogen-bond acceptors (Lipinski definition) is 2. The van der Waals surface area contributed by atoms with Gasteiger partial charge < -0.3 is 10.6 Å². The first-order valence-electron chi connectivity index (χ1n) is 7.98. The molecule has 2 N–H and O–H groups in total. The summed E-state index contributed by atoms with van der Waals surface area (Å²) in [6.45, 7) is 5.06. The van der Waals surface area contributed by atoms with Crippen molar-refractivity contribution in [3.05, 3.63) is 64.2 Å². The van der Waals surface area contributed by atoms with Crippen LogP contribution in [-0.4, -0.2) is 17.4 Å². The molecule has 0 bridgehead atoms. The summed E-state index contributed by atoms with van der Waals surface area (Å²) in [6, 6.07) is 14.4. The maximum atomic E-state index is 5.89. The standard InChI is InChI=1S/C19H23ClN2S2/c1-14-10-15(2)12-18(11-14)22-19(23)21-8-3-9-24-13-16-4-6-17(20)7-5-16/h4-7,10-12H,3,8-9,13H2,1-2H3,(H2,21,22,23). The van der Waals surface area contributed by atoms with Gasteiger partial charge in [0.15, 0.2) is 5.11 Å². The first-order valence-corrected chi connectivity index (χ1v) is 9.92. The molecule has 0 heterocycles. The molecule has 2 aromatic rings. The normalized spacial score (nSPS) is 10.5. The fourth-order valence-corrected chi connectivity index (χ4v) is 3.64. The number of benzene rings is 2. The lowest BCUT2D eigenvalue weighted by Gasteiger charge is -2.11. The van der Waals surface area contributed by atoms with Gasteiger partial charge in [-0.25, -0.2) is 0 Å². The highest BCUT2D eigenvalue weighted by molar-refractivity contribution is 7.98. The van der Waals surface area contributed by atoms with Crippen LogP contribution in [0.1, 0.15) is 23.1 Å². The largest absolute Gasteiger partial charge is 0.362 e. The Balaban J connectivity index is 1.60. The van der Waals surface area contributed by atoms with E-state index in [1.54, 1.807) is 0 Å². The highest BCUT2D eigenvalue weighted by atomic mass is 35.5. The third kappa shape index (κ3) is 7.12. The van der Waals surface area contributed by atoms with Gasteiger partial charge in [0.2, 0.25) is 0 Å². The second kappa shape index (κ2) is 9.92. The van der Waals surface area contributed by atoms with Crippen LogP contribution in [0.15, 0.2) is 42.5 Å². The van der Waals surface area contributed by atoms with Crippen LogP contribution in [0.3, 0.4) is 0 Å². The van der Waals surface area contributed by atoms with Gasteiger partial charge in [-0.15, -0.1) is 0 Å². The number of rotatable bonds is 7.